The highest BCUT2D eigenvalue weighted by atomic mass is 32.1. The van der Waals surface area contributed by atoms with Crippen LogP contribution in [0.2, 0.25) is 0 Å². The minimum Gasteiger partial charge on any atom is -0.442 e. The lowest BCUT2D eigenvalue weighted by molar-refractivity contribution is -0.134. The van der Waals surface area contributed by atoms with E-state index in [1.165, 1.54) is 11.0 Å². The topological polar surface area (TPSA) is 88.6 Å². The van der Waals surface area contributed by atoms with Crippen molar-refractivity contribution in [2.75, 3.05) is 69.8 Å². The zero-order valence-corrected chi connectivity index (χ0v) is 17.8. The van der Waals surface area contributed by atoms with E-state index in [1.54, 1.807) is 21.9 Å². The summed E-state index contributed by atoms with van der Waals surface area (Å²) in [5, 5.41) is 12.5. The molecule has 2 amide bonds. The molecule has 164 valence electrons. The predicted octanol–water partition coefficient (Wildman–Crippen LogP) is 0.228. The van der Waals surface area contributed by atoms with Gasteiger partial charge in [0, 0.05) is 40.3 Å². The highest BCUT2D eigenvalue weighted by Gasteiger charge is 2.33. The first-order valence-electron chi connectivity index (χ1n) is 9.66. The molecule has 1 aromatic rings. The molecule has 0 radical (unpaired) electrons. The van der Waals surface area contributed by atoms with Crippen molar-refractivity contribution in [1.29, 1.82) is 0 Å². The second-order valence-corrected chi connectivity index (χ2v) is 7.75. The van der Waals surface area contributed by atoms with Gasteiger partial charge in [0.15, 0.2) is 5.11 Å². The molecule has 9 nitrogen and oxygen atoms in total. The first-order chi connectivity index (χ1) is 14.3. The Morgan fingerprint density at radius 1 is 1.33 bits per heavy atom. The Morgan fingerprint density at radius 3 is 2.63 bits per heavy atom. The number of anilines is 2. The van der Waals surface area contributed by atoms with Crippen LogP contribution in [0.25, 0.3) is 0 Å². The number of carbonyl (C=O) groups excluding carboxylic acids is 2. The molecule has 2 fully saturated rings. The van der Waals surface area contributed by atoms with Gasteiger partial charge in [0.25, 0.3) is 0 Å². The second-order valence-electron chi connectivity index (χ2n) is 7.36. The Kier molecular flexibility index (Phi) is 6.93. The summed E-state index contributed by atoms with van der Waals surface area (Å²) < 4.78 is 20.1. The number of nitrogens with zero attached hydrogens (tertiary/aromatic N) is 4. The summed E-state index contributed by atoms with van der Waals surface area (Å²) in [6.45, 7) is 1.91. The third kappa shape index (κ3) is 4.90. The highest BCUT2D eigenvalue weighted by Crippen LogP contribution is 2.28. The molecule has 0 aromatic heterocycles. The third-order valence-corrected chi connectivity index (χ3v) is 5.62. The van der Waals surface area contributed by atoms with E-state index in [1.807, 2.05) is 19.0 Å². The van der Waals surface area contributed by atoms with Gasteiger partial charge in [-0.2, -0.15) is 0 Å². The maximum Gasteiger partial charge on any atom is 0.414 e. The quantitative estimate of drug-likeness (QED) is 0.631. The van der Waals surface area contributed by atoms with Crippen LogP contribution in [-0.4, -0.2) is 98.1 Å². The molecule has 2 aliphatic heterocycles. The van der Waals surface area contributed by atoms with E-state index < -0.39 is 24.6 Å². The number of nitrogens with one attached hydrogen (secondary N) is 1. The van der Waals surface area contributed by atoms with Crippen LogP contribution in [0.15, 0.2) is 18.2 Å². The van der Waals surface area contributed by atoms with Crippen molar-refractivity contribution in [2.45, 2.75) is 6.10 Å². The van der Waals surface area contributed by atoms with Crippen molar-refractivity contribution in [2.24, 2.45) is 0 Å². The summed E-state index contributed by atoms with van der Waals surface area (Å²) in [7, 11) is 3.63. The number of halogens is 1. The number of aliphatic hydroxyl groups is 1. The lowest BCUT2D eigenvalue weighted by Gasteiger charge is -2.36. The summed E-state index contributed by atoms with van der Waals surface area (Å²) in [6.07, 6.45) is -0.920. The normalized spacial score (nSPS) is 19.0. The fourth-order valence-corrected chi connectivity index (χ4v) is 3.50. The molecule has 0 aliphatic carbocycles. The molecule has 2 N–H and O–H groups in total. The zero-order valence-electron chi connectivity index (χ0n) is 17.0. The van der Waals surface area contributed by atoms with Gasteiger partial charge in [-0.05, 0) is 30.4 Å². The number of thiocarbonyl (C=S) groups is 1. The van der Waals surface area contributed by atoms with Crippen molar-refractivity contribution < 1.29 is 23.8 Å². The number of piperazine rings is 1. The average molecular weight is 440 g/mol. The number of cyclic esters (lactones) is 1. The first-order valence-corrected chi connectivity index (χ1v) is 10.1. The molecule has 1 aromatic carbocycles. The highest BCUT2D eigenvalue weighted by molar-refractivity contribution is 7.80. The fourth-order valence-electron chi connectivity index (χ4n) is 3.41. The predicted molar refractivity (Wildman–Crippen MR) is 114 cm³/mol. The van der Waals surface area contributed by atoms with E-state index >= 15 is 0 Å². The molecular formula is C19H26FN5O4S. The monoisotopic (exact) mass is 439 g/mol. The molecule has 0 spiro atoms. The number of hydrogen-bond donors (Lipinski definition) is 2. The first kappa shape index (κ1) is 22.0. The molecule has 0 saturated carbocycles. The summed E-state index contributed by atoms with van der Waals surface area (Å²) in [6, 6.07) is 4.64. The molecule has 0 unspecified atom stereocenters. The van der Waals surface area contributed by atoms with Crippen LogP contribution in [0.1, 0.15) is 0 Å². The average Bonchev–Trinajstić information content (AvgIpc) is 3.12. The van der Waals surface area contributed by atoms with Crippen molar-refractivity contribution in [1.82, 2.24) is 15.1 Å². The van der Waals surface area contributed by atoms with Crippen molar-refractivity contribution in [3.8, 4) is 0 Å². The van der Waals surface area contributed by atoms with Crippen LogP contribution < -0.4 is 15.1 Å². The van der Waals surface area contributed by atoms with Crippen LogP contribution in [0.3, 0.4) is 0 Å². The van der Waals surface area contributed by atoms with Crippen LogP contribution in [-0.2, 0) is 9.53 Å². The molecule has 2 heterocycles. The maximum absolute atomic E-state index is 14.8. The number of rotatable bonds is 5. The Hall–Kier alpha value is -2.66. The molecule has 1 atom stereocenters. The Bertz CT molecular complexity index is 816. The minimum absolute atomic E-state index is 0.294. The smallest absolute Gasteiger partial charge is 0.414 e. The third-order valence-electron chi connectivity index (χ3n) is 5.11. The standard InChI is InChI=1S/C19H26FN5O4S/c1-22(2)18(30)21-10-14-11-25(19(28)29-14)13-3-4-16(15(20)9-13)23-5-7-24(8-6-23)17(27)12-26/h3-4,9,14,26H,5-8,10-12H2,1-2H3,(H,21,30)/t14-/m0/s1. The summed E-state index contributed by atoms with van der Waals surface area (Å²) in [5.41, 5.74) is 0.838. The van der Waals surface area contributed by atoms with Crippen LogP contribution in [0, 0.1) is 5.82 Å². The number of hydrogen-bond acceptors (Lipinski definition) is 6. The van der Waals surface area contributed by atoms with Crippen molar-refractivity contribution >= 4 is 40.7 Å². The van der Waals surface area contributed by atoms with Crippen LogP contribution >= 0.6 is 12.2 Å². The van der Waals surface area contributed by atoms with Gasteiger partial charge in [-0.3, -0.25) is 9.69 Å². The van der Waals surface area contributed by atoms with E-state index in [2.05, 4.69) is 5.32 Å². The van der Waals surface area contributed by atoms with Crippen molar-refractivity contribution in [3.63, 3.8) is 0 Å². The Morgan fingerprint density at radius 2 is 2.03 bits per heavy atom. The van der Waals surface area contributed by atoms with Gasteiger partial charge in [-0.1, -0.05) is 0 Å². The number of ether oxygens (including phenoxy) is 1. The minimum atomic E-state index is -0.527. The Labute approximate surface area is 180 Å². The molecular weight excluding hydrogens is 413 g/mol. The fraction of sp³-hybridized carbons (Fsp3) is 0.526. The van der Waals surface area contributed by atoms with E-state index in [-0.39, 0.29) is 5.91 Å². The Balaban J connectivity index is 1.61. The van der Waals surface area contributed by atoms with Crippen LogP contribution in [0.5, 0.6) is 0 Å². The van der Waals surface area contributed by atoms with E-state index in [0.717, 1.165) is 0 Å². The van der Waals surface area contributed by atoms with Crippen molar-refractivity contribution in [3.05, 3.63) is 24.0 Å². The van der Waals surface area contributed by atoms with Gasteiger partial charge in [0.05, 0.1) is 24.5 Å². The lowest BCUT2D eigenvalue weighted by Crippen LogP contribution is -2.49. The lowest BCUT2D eigenvalue weighted by atomic mass is 10.2. The molecule has 0 bridgehead atoms. The summed E-state index contributed by atoms with van der Waals surface area (Å²) in [4.78, 5) is 30.3. The van der Waals surface area contributed by atoms with Gasteiger partial charge in [-0.25, -0.2) is 9.18 Å². The van der Waals surface area contributed by atoms with Crippen LogP contribution in [0.4, 0.5) is 20.6 Å². The molecule has 30 heavy (non-hydrogen) atoms. The van der Waals surface area contributed by atoms with E-state index in [0.29, 0.717) is 55.8 Å². The van der Waals surface area contributed by atoms with E-state index in [4.69, 9.17) is 22.1 Å². The van der Waals surface area contributed by atoms with E-state index in [9.17, 15) is 14.0 Å². The molecule has 11 heteroatoms. The second kappa shape index (κ2) is 9.43. The number of amides is 2. The van der Waals surface area contributed by atoms with Gasteiger partial charge >= 0.3 is 6.09 Å². The van der Waals surface area contributed by atoms with Gasteiger partial charge in [-0.15, -0.1) is 0 Å². The SMILES string of the molecule is CN(C)C(=S)NC[C@H]1CN(c2ccc(N3CCN(C(=O)CO)CC3)c(F)c2)C(=O)O1. The number of benzene rings is 1. The molecule has 2 aliphatic rings. The maximum atomic E-state index is 14.8. The summed E-state index contributed by atoms with van der Waals surface area (Å²) >= 11 is 5.16. The number of aliphatic hydroxyl groups excluding tert-OH is 1. The largest absolute Gasteiger partial charge is 0.442 e. The molecule has 3 rings (SSSR count). The zero-order chi connectivity index (χ0) is 21.8. The van der Waals surface area contributed by atoms with Gasteiger partial charge in [0.2, 0.25) is 5.91 Å². The number of carbonyl (C=O) groups is 2. The van der Waals surface area contributed by atoms with Gasteiger partial charge in [0.1, 0.15) is 18.5 Å². The van der Waals surface area contributed by atoms with Gasteiger partial charge < -0.3 is 29.9 Å². The molecule has 2 saturated heterocycles. The summed E-state index contributed by atoms with van der Waals surface area (Å²) in [5.74, 6) is -0.772.